The maximum absolute atomic E-state index is 12.8. The van der Waals surface area contributed by atoms with E-state index in [1.807, 2.05) is 11.1 Å². The molecule has 7 nitrogen and oxygen atoms in total. The molecule has 4 rings (SSSR count). The molecular weight excluding hydrogens is 409 g/mol. The first-order valence-electron chi connectivity index (χ1n) is 10.3. The van der Waals surface area contributed by atoms with E-state index in [2.05, 4.69) is 33.1 Å². The Morgan fingerprint density at radius 1 is 1.26 bits per heavy atom. The molecule has 0 aromatic carbocycles. The zero-order valence-corrected chi connectivity index (χ0v) is 17.3. The molecule has 2 aliphatic rings. The first-order valence-corrected chi connectivity index (χ1v) is 10.3. The number of carbonyl (C=O) groups excluding carboxylic acids is 1. The standard InChI is InChI=1S/C21H25F3N6O/c1-15-12-29(8-9-30(15)19-3-2-18(11-25-19)21(22,23)24)13-17-10-26-27-20(17)16-4-6-28(14-31)7-5-16/h2-4,10-11,14-15H,5-9,12-13H2,1H3,(H,26,27). The van der Waals surface area contributed by atoms with Crippen LogP contribution in [0.15, 0.2) is 30.6 Å². The molecule has 1 N–H and O–H groups in total. The van der Waals surface area contributed by atoms with Gasteiger partial charge in [-0.05, 0) is 31.1 Å². The van der Waals surface area contributed by atoms with Crippen molar-refractivity contribution in [1.29, 1.82) is 0 Å². The van der Waals surface area contributed by atoms with E-state index < -0.39 is 11.7 Å². The second-order valence-corrected chi connectivity index (χ2v) is 8.02. The van der Waals surface area contributed by atoms with Crippen LogP contribution in [0.25, 0.3) is 5.57 Å². The van der Waals surface area contributed by atoms with Crippen LogP contribution in [-0.2, 0) is 17.5 Å². The fraction of sp³-hybridized carbons (Fsp3) is 0.476. The number of H-pyrrole nitrogens is 1. The zero-order valence-electron chi connectivity index (χ0n) is 17.3. The third kappa shape index (κ3) is 4.73. The maximum Gasteiger partial charge on any atom is 0.417 e. The van der Waals surface area contributed by atoms with Crippen molar-refractivity contribution in [1.82, 2.24) is 25.0 Å². The van der Waals surface area contributed by atoms with E-state index in [1.165, 1.54) is 6.07 Å². The second kappa shape index (κ2) is 8.70. The van der Waals surface area contributed by atoms with Crippen LogP contribution in [-0.4, -0.2) is 70.2 Å². The quantitative estimate of drug-likeness (QED) is 0.733. The number of hydrogen-bond donors (Lipinski definition) is 1. The highest BCUT2D eigenvalue weighted by Gasteiger charge is 2.32. The molecule has 0 radical (unpaired) electrons. The van der Waals surface area contributed by atoms with Gasteiger partial charge >= 0.3 is 6.18 Å². The lowest BCUT2D eigenvalue weighted by Gasteiger charge is -2.40. The van der Waals surface area contributed by atoms with Gasteiger partial charge in [0.25, 0.3) is 0 Å². The van der Waals surface area contributed by atoms with E-state index in [4.69, 9.17) is 0 Å². The minimum absolute atomic E-state index is 0.114. The van der Waals surface area contributed by atoms with Gasteiger partial charge in [0.15, 0.2) is 0 Å². The minimum atomic E-state index is -4.38. The van der Waals surface area contributed by atoms with Crippen molar-refractivity contribution < 1.29 is 18.0 Å². The number of carbonyl (C=O) groups is 1. The Morgan fingerprint density at radius 2 is 2.10 bits per heavy atom. The number of rotatable bonds is 5. The Morgan fingerprint density at radius 3 is 2.71 bits per heavy atom. The third-order valence-corrected chi connectivity index (χ3v) is 5.89. The molecule has 1 saturated heterocycles. The lowest BCUT2D eigenvalue weighted by molar-refractivity contribution is -0.137. The zero-order chi connectivity index (χ0) is 22.0. The number of alkyl halides is 3. The van der Waals surface area contributed by atoms with E-state index in [0.29, 0.717) is 25.5 Å². The average molecular weight is 434 g/mol. The molecule has 0 saturated carbocycles. The first kappa shape index (κ1) is 21.4. The number of aromatic nitrogens is 3. The molecule has 1 atom stereocenters. The molecule has 0 aliphatic carbocycles. The van der Waals surface area contributed by atoms with Gasteiger partial charge in [-0.3, -0.25) is 14.8 Å². The molecule has 1 fully saturated rings. The van der Waals surface area contributed by atoms with Gasteiger partial charge in [0.05, 0.1) is 11.3 Å². The molecule has 31 heavy (non-hydrogen) atoms. The number of hydrogen-bond acceptors (Lipinski definition) is 5. The summed E-state index contributed by atoms with van der Waals surface area (Å²) in [5.74, 6) is 0.566. The van der Waals surface area contributed by atoms with Crippen molar-refractivity contribution in [2.24, 2.45) is 0 Å². The molecule has 0 bridgehead atoms. The van der Waals surface area contributed by atoms with Gasteiger partial charge in [-0.25, -0.2) is 4.98 Å². The largest absolute Gasteiger partial charge is 0.417 e. The number of pyridine rings is 1. The summed E-state index contributed by atoms with van der Waals surface area (Å²) in [5, 5.41) is 7.39. The Balaban J connectivity index is 1.39. The number of anilines is 1. The van der Waals surface area contributed by atoms with Gasteiger partial charge in [-0.15, -0.1) is 0 Å². The molecule has 2 aliphatic heterocycles. The van der Waals surface area contributed by atoms with Crippen molar-refractivity contribution >= 4 is 17.8 Å². The van der Waals surface area contributed by atoms with Gasteiger partial charge in [0.1, 0.15) is 5.82 Å². The molecule has 2 aromatic rings. The summed E-state index contributed by atoms with van der Waals surface area (Å²) in [6.07, 6.45) is 2.13. The molecule has 1 unspecified atom stereocenters. The number of amides is 1. The van der Waals surface area contributed by atoms with Crippen molar-refractivity contribution in [3.05, 3.63) is 47.4 Å². The highest BCUT2D eigenvalue weighted by molar-refractivity contribution is 5.67. The van der Waals surface area contributed by atoms with Crippen molar-refractivity contribution in [3.63, 3.8) is 0 Å². The van der Waals surface area contributed by atoms with Crippen LogP contribution in [0.3, 0.4) is 0 Å². The fourth-order valence-corrected chi connectivity index (χ4v) is 4.19. The highest BCUT2D eigenvalue weighted by atomic mass is 19.4. The summed E-state index contributed by atoms with van der Waals surface area (Å²) < 4.78 is 38.4. The van der Waals surface area contributed by atoms with E-state index >= 15 is 0 Å². The minimum Gasteiger partial charge on any atom is -0.351 e. The molecule has 166 valence electrons. The summed E-state index contributed by atoms with van der Waals surface area (Å²) in [5.41, 5.74) is 2.47. The summed E-state index contributed by atoms with van der Waals surface area (Å²) >= 11 is 0. The van der Waals surface area contributed by atoms with E-state index in [0.717, 1.165) is 61.6 Å². The Hall–Kier alpha value is -2.88. The third-order valence-electron chi connectivity index (χ3n) is 5.89. The lowest BCUT2D eigenvalue weighted by atomic mass is 10.0. The first-order chi connectivity index (χ1) is 14.8. The smallest absolute Gasteiger partial charge is 0.351 e. The number of halogens is 3. The van der Waals surface area contributed by atoms with E-state index in [9.17, 15) is 18.0 Å². The summed E-state index contributed by atoms with van der Waals surface area (Å²) in [6, 6.07) is 2.65. The molecule has 4 heterocycles. The lowest BCUT2D eigenvalue weighted by Crippen LogP contribution is -2.51. The SMILES string of the molecule is CC1CN(Cc2c[nH]nc2C2=CCN(C=O)CC2)CCN1c1ccc(C(F)(F)F)cn1. The van der Waals surface area contributed by atoms with Crippen LogP contribution in [0.2, 0.25) is 0 Å². The normalized spacial score (nSPS) is 20.6. The molecule has 2 aromatic heterocycles. The fourth-order valence-electron chi connectivity index (χ4n) is 4.19. The summed E-state index contributed by atoms with van der Waals surface area (Å²) in [6.45, 7) is 6.31. The Bertz CT molecular complexity index is 939. The molecular formula is C21H25F3N6O. The molecule has 1 amide bonds. The van der Waals surface area contributed by atoms with Gasteiger partial charge in [0, 0.05) is 63.3 Å². The number of aromatic amines is 1. The predicted octanol–water partition coefficient (Wildman–Crippen LogP) is 2.78. The number of nitrogens with zero attached hydrogens (tertiary/aromatic N) is 5. The van der Waals surface area contributed by atoms with Gasteiger partial charge in [0.2, 0.25) is 6.41 Å². The van der Waals surface area contributed by atoms with Gasteiger partial charge in [-0.2, -0.15) is 18.3 Å². The van der Waals surface area contributed by atoms with Crippen LogP contribution in [0, 0.1) is 0 Å². The van der Waals surface area contributed by atoms with E-state index in [-0.39, 0.29) is 6.04 Å². The summed E-state index contributed by atoms with van der Waals surface area (Å²) in [7, 11) is 0. The number of nitrogens with one attached hydrogen (secondary N) is 1. The van der Waals surface area contributed by atoms with Crippen LogP contribution < -0.4 is 4.90 Å². The van der Waals surface area contributed by atoms with Crippen LogP contribution >= 0.6 is 0 Å². The van der Waals surface area contributed by atoms with Crippen LogP contribution in [0.5, 0.6) is 0 Å². The van der Waals surface area contributed by atoms with Crippen molar-refractivity contribution in [3.8, 4) is 0 Å². The Kier molecular flexibility index (Phi) is 5.99. The van der Waals surface area contributed by atoms with E-state index in [1.54, 1.807) is 4.90 Å². The highest BCUT2D eigenvalue weighted by Crippen LogP contribution is 2.30. The second-order valence-electron chi connectivity index (χ2n) is 8.02. The van der Waals surface area contributed by atoms with Crippen molar-refractivity contribution in [2.75, 3.05) is 37.6 Å². The number of piperazine rings is 1. The van der Waals surface area contributed by atoms with Crippen molar-refractivity contribution in [2.45, 2.75) is 32.1 Å². The van der Waals surface area contributed by atoms with Crippen LogP contribution in [0.4, 0.5) is 19.0 Å². The van der Waals surface area contributed by atoms with Gasteiger partial charge < -0.3 is 9.80 Å². The predicted molar refractivity (Wildman–Crippen MR) is 110 cm³/mol. The maximum atomic E-state index is 12.8. The topological polar surface area (TPSA) is 68.4 Å². The molecule has 10 heteroatoms. The molecule has 0 spiro atoms. The summed E-state index contributed by atoms with van der Waals surface area (Å²) in [4.78, 5) is 21.1. The van der Waals surface area contributed by atoms with Gasteiger partial charge in [-0.1, -0.05) is 6.08 Å². The van der Waals surface area contributed by atoms with Crippen LogP contribution in [0.1, 0.15) is 30.2 Å². The average Bonchev–Trinajstić information content (AvgIpc) is 3.21. The monoisotopic (exact) mass is 434 g/mol. The Labute approximate surface area is 178 Å².